The van der Waals surface area contributed by atoms with Crippen LogP contribution in [0.15, 0.2) is 54.7 Å². The van der Waals surface area contributed by atoms with Crippen LogP contribution in [0.4, 0.5) is 17.2 Å². The number of carbonyl (C=O) groups is 1. The molecule has 0 saturated heterocycles. The van der Waals surface area contributed by atoms with E-state index in [1.807, 2.05) is 56.7 Å². The molecule has 122 valence electrons. The summed E-state index contributed by atoms with van der Waals surface area (Å²) in [6.07, 6.45) is 1.83. The fourth-order valence-electron chi connectivity index (χ4n) is 2.31. The molecule has 0 aliphatic carbocycles. The van der Waals surface area contributed by atoms with E-state index >= 15 is 0 Å². The Morgan fingerprint density at radius 2 is 1.96 bits per heavy atom. The minimum absolute atomic E-state index is 0.0956. The zero-order valence-corrected chi connectivity index (χ0v) is 14.7. The summed E-state index contributed by atoms with van der Waals surface area (Å²) >= 11 is 1.49. The van der Waals surface area contributed by atoms with Crippen LogP contribution in [0, 0.1) is 0 Å². The van der Waals surface area contributed by atoms with Crippen LogP contribution in [-0.4, -0.2) is 24.9 Å². The molecule has 0 fully saturated rings. The van der Waals surface area contributed by atoms with Crippen LogP contribution < -0.4 is 10.2 Å². The van der Waals surface area contributed by atoms with Gasteiger partial charge in [-0.1, -0.05) is 6.07 Å². The van der Waals surface area contributed by atoms with E-state index in [1.54, 1.807) is 6.92 Å². The first-order valence-corrected chi connectivity index (χ1v) is 8.46. The van der Waals surface area contributed by atoms with E-state index in [0.717, 1.165) is 32.5 Å². The second kappa shape index (κ2) is 6.84. The summed E-state index contributed by atoms with van der Waals surface area (Å²) in [5.74, 6) is 0.885. The highest BCUT2D eigenvalue weighted by Gasteiger charge is 2.07. The highest BCUT2D eigenvalue weighted by molar-refractivity contribution is 7.17. The normalized spacial score (nSPS) is 10.5. The van der Waals surface area contributed by atoms with Gasteiger partial charge in [0.2, 0.25) is 0 Å². The summed E-state index contributed by atoms with van der Waals surface area (Å²) < 4.78 is 0. The largest absolute Gasteiger partial charge is 0.378 e. The summed E-state index contributed by atoms with van der Waals surface area (Å²) in [7, 11) is 4.03. The van der Waals surface area contributed by atoms with Crippen molar-refractivity contribution in [3.8, 4) is 10.4 Å². The van der Waals surface area contributed by atoms with E-state index in [9.17, 15) is 4.79 Å². The molecule has 0 aliphatic rings. The van der Waals surface area contributed by atoms with E-state index in [2.05, 4.69) is 27.3 Å². The Morgan fingerprint density at radius 3 is 2.58 bits per heavy atom. The van der Waals surface area contributed by atoms with E-state index in [0.29, 0.717) is 0 Å². The first kappa shape index (κ1) is 16.2. The number of Topliss-reactive ketones (excluding diaryl/α,β-unsaturated/α-hetero) is 1. The molecule has 0 aliphatic heterocycles. The Balaban J connectivity index is 1.77. The van der Waals surface area contributed by atoms with Crippen LogP contribution in [0.25, 0.3) is 10.4 Å². The Morgan fingerprint density at radius 1 is 1.12 bits per heavy atom. The molecule has 2 aromatic heterocycles. The number of rotatable bonds is 5. The van der Waals surface area contributed by atoms with Gasteiger partial charge in [0.25, 0.3) is 0 Å². The third-order valence-electron chi connectivity index (χ3n) is 3.64. The fourth-order valence-corrected chi connectivity index (χ4v) is 3.20. The van der Waals surface area contributed by atoms with Crippen molar-refractivity contribution in [2.45, 2.75) is 6.92 Å². The van der Waals surface area contributed by atoms with Gasteiger partial charge in [0.15, 0.2) is 5.78 Å². The third kappa shape index (κ3) is 3.63. The Bertz CT molecular complexity index is 853. The molecule has 2 heterocycles. The lowest BCUT2D eigenvalue weighted by Crippen LogP contribution is -2.08. The van der Waals surface area contributed by atoms with Crippen molar-refractivity contribution >= 4 is 34.3 Å². The van der Waals surface area contributed by atoms with Crippen molar-refractivity contribution in [2.24, 2.45) is 0 Å². The van der Waals surface area contributed by atoms with E-state index in [4.69, 9.17) is 0 Å². The minimum atomic E-state index is 0.0956. The maximum Gasteiger partial charge on any atom is 0.169 e. The zero-order chi connectivity index (χ0) is 17.1. The van der Waals surface area contributed by atoms with E-state index in [-0.39, 0.29) is 5.78 Å². The monoisotopic (exact) mass is 337 g/mol. The average molecular weight is 337 g/mol. The third-order valence-corrected chi connectivity index (χ3v) is 4.87. The summed E-state index contributed by atoms with van der Waals surface area (Å²) in [6, 6.07) is 16.0. The number of anilines is 3. The van der Waals surface area contributed by atoms with Crippen LogP contribution in [-0.2, 0) is 0 Å². The number of pyridine rings is 1. The van der Waals surface area contributed by atoms with Gasteiger partial charge in [-0.15, -0.1) is 11.3 Å². The quantitative estimate of drug-likeness (QED) is 0.678. The van der Waals surface area contributed by atoms with E-state index < -0.39 is 0 Å². The van der Waals surface area contributed by atoms with Crippen LogP contribution >= 0.6 is 11.3 Å². The van der Waals surface area contributed by atoms with Crippen molar-refractivity contribution in [3.63, 3.8) is 0 Å². The van der Waals surface area contributed by atoms with Gasteiger partial charge in [-0.05, 0) is 49.4 Å². The number of aromatic nitrogens is 1. The van der Waals surface area contributed by atoms with Crippen LogP contribution in [0.5, 0.6) is 0 Å². The molecular weight excluding hydrogens is 318 g/mol. The Kier molecular flexibility index (Phi) is 4.62. The van der Waals surface area contributed by atoms with Crippen molar-refractivity contribution in [1.29, 1.82) is 0 Å². The number of hydrogen-bond donors (Lipinski definition) is 1. The molecule has 0 unspecified atom stereocenters. The number of nitrogens with one attached hydrogen (secondary N) is 1. The number of benzene rings is 1. The molecule has 3 aromatic rings. The lowest BCUT2D eigenvalue weighted by atomic mass is 10.2. The molecule has 0 atom stereocenters. The molecule has 0 saturated carbocycles. The molecule has 1 N–H and O–H groups in total. The molecule has 0 amide bonds. The fraction of sp³-hybridized carbons (Fsp3) is 0.158. The van der Waals surface area contributed by atoms with Crippen molar-refractivity contribution in [3.05, 3.63) is 59.6 Å². The molecule has 0 spiro atoms. The first-order valence-electron chi connectivity index (χ1n) is 7.64. The molecule has 0 bridgehead atoms. The molecule has 3 rings (SSSR count). The molecule has 5 heteroatoms. The summed E-state index contributed by atoms with van der Waals surface area (Å²) in [5, 5.41) is 3.31. The number of hydrogen-bond acceptors (Lipinski definition) is 5. The van der Waals surface area contributed by atoms with Gasteiger partial charge in [-0.2, -0.15) is 0 Å². The topological polar surface area (TPSA) is 45.2 Å². The van der Waals surface area contributed by atoms with Crippen molar-refractivity contribution < 1.29 is 4.79 Å². The van der Waals surface area contributed by atoms with E-state index in [1.165, 1.54) is 11.3 Å². The second-order valence-corrected chi connectivity index (χ2v) is 6.81. The minimum Gasteiger partial charge on any atom is -0.378 e. The van der Waals surface area contributed by atoms with Gasteiger partial charge < -0.3 is 10.2 Å². The number of thiophene rings is 1. The molecule has 24 heavy (non-hydrogen) atoms. The van der Waals surface area contributed by atoms with Gasteiger partial charge in [0.05, 0.1) is 4.88 Å². The smallest absolute Gasteiger partial charge is 0.169 e. The highest BCUT2D eigenvalue weighted by Crippen LogP contribution is 2.29. The maximum atomic E-state index is 11.4. The number of carbonyl (C=O) groups excluding carboxylic acids is 1. The van der Waals surface area contributed by atoms with Crippen molar-refractivity contribution in [1.82, 2.24) is 4.98 Å². The second-order valence-electron chi connectivity index (χ2n) is 5.72. The van der Waals surface area contributed by atoms with Crippen LogP contribution in [0.2, 0.25) is 0 Å². The van der Waals surface area contributed by atoms with Gasteiger partial charge in [-0.3, -0.25) is 4.79 Å². The molecule has 4 nitrogen and oxygen atoms in total. The SMILES string of the molecule is CC(=O)c1ccc(-c2ccc(Nc3cccc(N(C)C)c3)nc2)s1. The standard InChI is InChI=1S/C19H19N3OS/c1-13(23)17-8-9-18(24-17)14-7-10-19(20-12-14)21-15-5-4-6-16(11-15)22(2)3/h4-12H,1-3H3,(H,20,21). The molecule has 1 aromatic carbocycles. The molecule has 0 radical (unpaired) electrons. The van der Waals surface area contributed by atoms with Gasteiger partial charge >= 0.3 is 0 Å². The maximum absolute atomic E-state index is 11.4. The Labute approximate surface area is 145 Å². The van der Waals surface area contributed by atoms with Gasteiger partial charge in [0, 0.05) is 42.1 Å². The summed E-state index contributed by atoms with van der Waals surface area (Å²) in [4.78, 5) is 19.8. The highest BCUT2D eigenvalue weighted by atomic mass is 32.1. The number of nitrogens with zero attached hydrogens (tertiary/aromatic N) is 2. The van der Waals surface area contributed by atoms with Crippen LogP contribution in [0.3, 0.4) is 0 Å². The van der Waals surface area contributed by atoms with Gasteiger partial charge in [0.1, 0.15) is 5.82 Å². The Hall–Kier alpha value is -2.66. The predicted molar refractivity (Wildman–Crippen MR) is 102 cm³/mol. The zero-order valence-electron chi connectivity index (χ0n) is 13.9. The number of ketones is 1. The summed E-state index contributed by atoms with van der Waals surface area (Å²) in [6.45, 7) is 1.59. The molecular formula is C19H19N3OS. The van der Waals surface area contributed by atoms with Crippen molar-refractivity contribution in [2.75, 3.05) is 24.3 Å². The van der Waals surface area contributed by atoms with Gasteiger partial charge in [-0.25, -0.2) is 4.98 Å². The first-order chi connectivity index (χ1) is 11.5. The lowest BCUT2D eigenvalue weighted by molar-refractivity contribution is 0.102. The predicted octanol–water partition coefficient (Wildman–Crippen LogP) is 4.82. The van der Waals surface area contributed by atoms with Crippen LogP contribution in [0.1, 0.15) is 16.6 Å². The lowest BCUT2D eigenvalue weighted by Gasteiger charge is -2.14. The summed E-state index contributed by atoms with van der Waals surface area (Å²) in [5.41, 5.74) is 3.14. The average Bonchev–Trinajstić information content (AvgIpc) is 3.06.